The number of nitrogens with one attached hydrogen (secondary N) is 2. The van der Waals surface area contributed by atoms with Crippen molar-refractivity contribution >= 4 is 11.7 Å². The van der Waals surface area contributed by atoms with Crippen molar-refractivity contribution in [2.24, 2.45) is 0 Å². The summed E-state index contributed by atoms with van der Waals surface area (Å²) in [7, 11) is 0. The molecule has 0 saturated carbocycles. The maximum Gasteiger partial charge on any atom is 0.322 e. The van der Waals surface area contributed by atoms with Gasteiger partial charge >= 0.3 is 6.03 Å². The number of nitrogens with zero attached hydrogens (tertiary/aromatic N) is 2. The number of urea groups is 1. The number of rotatable bonds is 5. The van der Waals surface area contributed by atoms with Gasteiger partial charge in [0.05, 0.1) is 18.3 Å². The highest BCUT2D eigenvalue weighted by molar-refractivity contribution is 5.89. The van der Waals surface area contributed by atoms with Gasteiger partial charge in [0.25, 0.3) is 0 Å². The normalized spacial score (nSPS) is 17.1. The molecule has 0 unspecified atom stereocenters. The molecule has 1 aromatic heterocycles. The summed E-state index contributed by atoms with van der Waals surface area (Å²) in [5.41, 5.74) is 5.07. The Morgan fingerprint density at radius 3 is 2.76 bits per heavy atom. The number of hydrogen-bond acceptors (Lipinski definition) is 3. The van der Waals surface area contributed by atoms with Gasteiger partial charge in [-0.15, -0.1) is 0 Å². The summed E-state index contributed by atoms with van der Waals surface area (Å²) in [6.07, 6.45) is 1.98. The third-order valence-corrected chi connectivity index (χ3v) is 4.71. The quantitative estimate of drug-likeness (QED) is 0.865. The van der Waals surface area contributed by atoms with Crippen LogP contribution in [0.15, 0.2) is 24.3 Å². The standard InChI is InChI=1S/C19H26N4O2/c1-4-25-12-15-7-9-16(10-8-15)20-19(24)23-11-5-6-17(23)18-13(2)21-22-14(18)3/h7-10,17H,4-6,11-12H2,1-3H3,(H,20,24)(H,21,22)/t17-/m0/s1. The van der Waals surface area contributed by atoms with E-state index in [4.69, 9.17) is 4.74 Å². The Morgan fingerprint density at radius 1 is 1.36 bits per heavy atom. The summed E-state index contributed by atoms with van der Waals surface area (Å²) < 4.78 is 5.40. The van der Waals surface area contributed by atoms with Gasteiger partial charge in [-0.1, -0.05) is 12.1 Å². The highest BCUT2D eigenvalue weighted by Crippen LogP contribution is 2.35. The average molecular weight is 342 g/mol. The molecule has 1 aliphatic heterocycles. The Morgan fingerprint density at radius 2 is 2.12 bits per heavy atom. The van der Waals surface area contributed by atoms with Crippen LogP contribution in [0.5, 0.6) is 0 Å². The summed E-state index contributed by atoms with van der Waals surface area (Å²) in [4.78, 5) is 14.7. The fraction of sp³-hybridized carbons (Fsp3) is 0.474. The Balaban J connectivity index is 1.68. The monoisotopic (exact) mass is 342 g/mol. The van der Waals surface area contributed by atoms with E-state index in [1.54, 1.807) is 0 Å². The molecule has 6 nitrogen and oxygen atoms in total. The zero-order chi connectivity index (χ0) is 17.8. The number of amides is 2. The van der Waals surface area contributed by atoms with Crippen molar-refractivity contribution in [2.75, 3.05) is 18.5 Å². The summed E-state index contributed by atoms with van der Waals surface area (Å²) in [5, 5.41) is 10.3. The number of aromatic amines is 1. The molecule has 1 saturated heterocycles. The van der Waals surface area contributed by atoms with Crippen LogP contribution >= 0.6 is 0 Å². The fourth-order valence-electron chi connectivity index (χ4n) is 3.46. The number of H-pyrrole nitrogens is 1. The minimum atomic E-state index is -0.0555. The number of anilines is 1. The number of carbonyl (C=O) groups excluding carboxylic acids is 1. The number of aryl methyl sites for hydroxylation is 2. The number of ether oxygens (including phenoxy) is 1. The van der Waals surface area contributed by atoms with Crippen molar-refractivity contribution in [3.05, 3.63) is 46.8 Å². The van der Waals surface area contributed by atoms with Crippen molar-refractivity contribution in [3.63, 3.8) is 0 Å². The first-order valence-electron chi connectivity index (χ1n) is 8.86. The van der Waals surface area contributed by atoms with Crippen LogP contribution in [0.25, 0.3) is 0 Å². The molecule has 1 atom stereocenters. The minimum absolute atomic E-state index is 0.0555. The molecule has 1 aliphatic rings. The first-order valence-corrected chi connectivity index (χ1v) is 8.86. The van der Waals surface area contributed by atoms with Crippen LogP contribution < -0.4 is 5.32 Å². The highest BCUT2D eigenvalue weighted by Gasteiger charge is 2.33. The smallest absolute Gasteiger partial charge is 0.322 e. The maximum absolute atomic E-state index is 12.8. The van der Waals surface area contributed by atoms with Crippen LogP contribution in [0.2, 0.25) is 0 Å². The first-order chi connectivity index (χ1) is 12.1. The lowest BCUT2D eigenvalue weighted by molar-refractivity contribution is 0.134. The summed E-state index contributed by atoms with van der Waals surface area (Å²) in [6.45, 7) is 8.04. The number of hydrogen-bond donors (Lipinski definition) is 2. The second kappa shape index (κ2) is 7.70. The van der Waals surface area contributed by atoms with Gasteiger partial charge in [0, 0.05) is 30.1 Å². The van der Waals surface area contributed by atoms with E-state index in [9.17, 15) is 4.79 Å². The van der Waals surface area contributed by atoms with Crippen molar-refractivity contribution in [1.82, 2.24) is 15.1 Å². The van der Waals surface area contributed by atoms with E-state index in [2.05, 4.69) is 15.5 Å². The van der Waals surface area contributed by atoms with Crippen molar-refractivity contribution in [1.29, 1.82) is 0 Å². The number of aromatic nitrogens is 2. The van der Waals surface area contributed by atoms with Gasteiger partial charge in [-0.2, -0.15) is 5.10 Å². The lowest BCUT2D eigenvalue weighted by atomic mass is 10.0. The van der Waals surface area contributed by atoms with Gasteiger partial charge in [0.2, 0.25) is 0 Å². The molecule has 2 N–H and O–H groups in total. The number of benzene rings is 1. The Bertz CT molecular complexity index is 704. The van der Waals surface area contributed by atoms with Crippen molar-refractivity contribution in [2.45, 2.75) is 46.3 Å². The molecule has 0 bridgehead atoms. The van der Waals surface area contributed by atoms with Gasteiger partial charge in [-0.25, -0.2) is 4.79 Å². The van der Waals surface area contributed by atoms with Gasteiger partial charge < -0.3 is 15.0 Å². The Kier molecular flexibility index (Phi) is 5.38. The molecule has 0 spiro atoms. The van der Waals surface area contributed by atoms with E-state index in [-0.39, 0.29) is 12.1 Å². The molecule has 25 heavy (non-hydrogen) atoms. The molecule has 0 aliphatic carbocycles. The summed E-state index contributed by atoms with van der Waals surface area (Å²) in [5.74, 6) is 0. The van der Waals surface area contributed by atoms with E-state index < -0.39 is 0 Å². The van der Waals surface area contributed by atoms with E-state index >= 15 is 0 Å². The Hall–Kier alpha value is -2.34. The van der Waals surface area contributed by atoms with Gasteiger partial charge in [-0.05, 0) is 51.3 Å². The maximum atomic E-state index is 12.8. The van der Waals surface area contributed by atoms with Gasteiger partial charge in [0.15, 0.2) is 0 Å². The molecule has 2 amide bonds. The van der Waals surface area contributed by atoms with Crippen LogP contribution in [0.1, 0.15) is 48.3 Å². The second-order valence-electron chi connectivity index (χ2n) is 6.46. The minimum Gasteiger partial charge on any atom is -0.377 e. The van der Waals surface area contributed by atoms with Gasteiger partial charge in [-0.3, -0.25) is 5.10 Å². The molecule has 134 valence electrons. The largest absolute Gasteiger partial charge is 0.377 e. The number of carbonyl (C=O) groups is 1. The third kappa shape index (κ3) is 3.85. The van der Waals surface area contributed by atoms with Crippen LogP contribution in [0, 0.1) is 13.8 Å². The van der Waals surface area contributed by atoms with E-state index in [1.165, 1.54) is 0 Å². The predicted molar refractivity (Wildman–Crippen MR) is 97.5 cm³/mol. The van der Waals surface area contributed by atoms with E-state index in [1.807, 2.05) is 49.9 Å². The van der Waals surface area contributed by atoms with Crippen LogP contribution in [0.3, 0.4) is 0 Å². The molecule has 3 rings (SSSR count). The molecule has 2 heterocycles. The zero-order valence-electron chi connectivity index (χ0n) is 15.1. The molecule has 1 fully saturated rings. The van der Waals surface area contributed by atoms with E-state index in [0.29, 0.717) is 13.2 Å². The van der Waals surface area contributed by atoms with Gasteiger partial charge in [0.1, 0.15) is 0 Å². The van der Waals surface area contributed by atoms with Crippen molar-refractivity contribution in [3.8, 4) is 0 Å². The zero-order valence-corrected chi connectivity index (χ0v) is 15.1. The van der Waals surface area contributed by atoms with Crippen LogP contribution in [-0.2, 0) is 11.3 Å². The van der Waals surface area contributed by atoms with Crippen LogP contribution in [0.4, 0.5) is 10.5 Å². The lowest BCUT2D eigenvalue weighted by Crippen LogP contribution is -2.34. The van der Waals surface area contributed by atoms with E-state index in [0.717, 1.165) is 47.6 Å². The SMILES string of the molecule is CCOCc1ccc(NC(=O)N2CCC[C@H]2c2c(C)n[nH]c2C)cc1. The molecule has 1 aromatic carbocycles. The molecular weight excluding hydrogens is 316 g/mol. The average Bonchev–Trinajstić information content (AvgIpc) is 3.20. The summed E-state index contributed by atoms with van der Waals surface area (Å²) in [6, 6.07) is 7.85. The molecule has 2 aromatic rings. The summed E-state index contributed by atoms with van der Waals surface area (Å²) >= 11 is 0. The van der Waals surface area contributed by atoms with Crippen LogP contribution in [-0.4, -0.2) is 34.3 Å². The molecular formula is C19H26N4O2. The highest BCUT2D eigenvalue weighted by atomic mass is 16.5. The third-order valence-electron chi connectivity index (χ3n) is 4.71. The fourth-order valence-corrected chi connectivity index (χ4v) is 3.46. The Labute approximate surface area is 148 Å². The first kappa shape index (κ1) is 17.5. The molecule has 0 radical (unpaired) electrons. The second-order valence-corrected chi connectivity index (χ2v) is 6.46. The number of likely N-dealkylation sites (tertiary alicyclic amines) is 1. The lowest BCUT2D eigenvalue weighted by Gasteiger charge is -2.25. The topological polar surface area (TPSA) is 70.2 Å². The molecule has 6 heteroatoms. The van der Waals surface area contributed by atoms with Crippen molar-refractivity contribution < 1.29 is 9.53 Å². The predicted octanol–water partition coefficient (Wildman–Crippen LogP) is 3.93.